The van der Waals surface area contributed by atoms with Gasteiger partial charge in [0.2, 0.25) is 4.96 Å². The van der Waals surface area contributed by atoms with Gasteiger partial charge in [0.1, 0.15) is 10.6 Å². The zero-order chi connectivity index (χ0) is 20.5. The van der Waals surface area contributed by atoms with E-state index in [9.17, 15) is 14.9 Å². The van der Waals surface area contributed by atoms with Gasteiger partial charge in [-0.05, 0) is 24.6 Å². The number of hydrogen-bond acceptors (Lipinski definition) is 7. The Morgan fingerprint density at radius 3 is 2.79 bits per heavy atom. The molecule has 2 aromatic carbocycles. The normalized spacial score (nSPS) is 11.0. The molecule has 9 nitrogen and oxygen atoms in total. The van der Waals surface area contributed by atoms with E-state index in [0.29, 0.717) is 10.6 Å². The van der Waals surface area contributed by atoms with Crippen LogP contribution in [-0.4, -0.2) is 30.6 Å². The van der Waals surface area contributed by atoms with Crippen LogP contribution >= 0.6 is 11.3 Å². The van der Waals surface area contributed by atoms with Gasteiger partial charge in [0.15, 0.2) is 5.82 Å². The minimum absolute atomic E-state index is 0.00804. The van der Waals surface area contributed by atoms with Crippen LogP contribution in [0.1, 0.15) is 28.7 Å². The molecule has 29 heavy (non-hydrogen) atoms. The molecule has 0 aliphatic carbocycles. The lowest BCUT2D eigenvalue weighted by Crippen LogP contribution is -2.14. The molecule has 0 radical (unpaired) electrons. The van der Waals surface area contributed by atoms with Crippen molar-refractivity contribution in [1.82, 2.24) is 19.8 Å². The number of hydrogen-bond donors (Lipinski definition) is 1. The predicted molar refractivity (Wildman–Crippen MR) is 109 cm³/mol. The van der Waals surface area contributed by atoms with Crippen molar-refractivity contribution in [2.75, 3.05) is 5.32 Å². The Morgan fingerprint density at radius 2 is 2.03 bits per heavy atom. The molecule has 0 atom stereocenters. The number of anilines is 1. The Labute approximate surface area is 169 Å². The fourth-order valence-corrected chi connectivity index (χ4v) is 3.75. The number of rotatable bonds is 5. The largest absolute Gasteiger partial charge is 0.322 e. The summed E-state index contributed by atoms with van der Waals surface area (Å²) < 4.78 is 1.71. The molecule has 2 heterocycles. The minimum Gasteiger partial charge on any atom is -0.322 e. The lowest BCUT2D eigenvalue weighted by atomic mass is 10.1. The zero-order valence-electron chi connectivity index (χ0n) is 15.6. The standard InChI is InChI=1S/C19H16N6O3S/c1-3-16-21-22-19-24(16)23-18(29-19)12-9-8-11(2)14(10-12)20-17(26)13-6-4-5-7-15(13)25(27)28/h4-10H,3H2,1-2H3,(H,20,26). The van der Waals surface area contributed by atoms with Crippen LogP contribution in [0.2, 0.25) is 0 Å². The first-order valence-electron chi connectivity index (χ1n) is 8.85. The minimum atomic E-state index is -0.567. The molecule has 0 unspecified atom stereocenters. The van der Waals surface area contributed by atoms with Gasteiger partial charge in [0.05, 0.1) is 4.92 Å². The van der Waals surface area contributed by atoms with E-state index in [-0.39, 0.29) is 11.3 Å². The number of aryl methyl sites for hydroxylation is 2. The number of benzene rings is 2. The highest BCUT2D eigenvalue weighted by atomic mass is 32.1. The molecule has 2 aromatic heterocycles. The fourth-order valence-electron chi connectivity index (χ4n) is 2.90. The first-order valence-corrected chi connectivity index (χ1v) is 9.66. The van der Waals surface area contributed by atoms with Crippen LogP contribution < -0.4 is 5.32 Å². The van der Waals surface area contributed by atoms with E-state index < -0.39 is 10.8 Å². The molecular formula is C19H16N6O3S. The first-order chi connectivity index (χ1) is 14.0. The molecule has 0 aliphatic heterocycles. The Bertz CT molecular complexity index is 1250. The summed E-state index contributed by atoms with van der Waals surface area (Å²) in [6.07, 6.45) is 0.718. The predicted octanol–water partition coefficient (Wildman–Crippen LogP) is 3.88. The van der Waals surface area contributed by atoms with E-state index >= 15 is 0 Å². The molecule has 4 rings (SSSR count). The van der Waals surface area contributed by atoms with Gasteiger partial charge in [-0.2, -0.15) is 9.61 Å². The Kier molecular flexibility index (Phi) is 4.77. The van der Waals surface area contributed by atoms with Gasteiger partial charge in [-0.3, -0.25) is 14.9 Å². The molecule has 0 bridgehead atoms. The van der Waals surface area contributed by atoms with Crippen molar-refractivity contribution in [3.63, 3.8) is 0 Å². The van der Waals surface area contributed by atoms with Crippen LogP contribution in [0.5, 0.6) is 0 Å². The lowest BCUT2D eigenvalue weighted by molar-refractivity contribution is -0.385. The Hall–Kier alpha value is -3.66. The lowest BCUT2D eigenvalue weighted by Gasteiger charge is -2.10. The van der Waals surface area contributed by atoms with Crippen molar-refractivity contribution in [2.45, 2.75) is 20.3 Å². The van der Waals surface area contributed by atoms with Gasteiger partial charge in [0, 0.05) is 23.7 Å². The van der Waals surface area contributed by atoms with Crippen LogP contribution in [0.4, 0.5) is 11.4 Å². The smallest absolute Gasteiger partial charge is 0.282 e. The van der Waals surface area contributed by atoms with Crippen LogP contribution in [0, 0.1) is 17.0 Å². The molecule has 0 spiro atoms. The molecule has 146 valence electrons. The second kappa shape index (κ2) is 7.40. The van der Waals surface area contributed by atoms with Crippen LogP contribution in [0.25, 0.3) is 15.5 Å². The zero-order valence-corrected chi connectivity index (χ0v) is 16.4. The molecular weight excluding hydrogens is 392 g/mol. The highest BCUT2D eigenvalue weighted by molar-refractivity contribution is 7.19. The third kappa shape index (κ3) is 3.45. The third-order valence-electron chi connectivity index (χ3n) is 4.45. The average molecular weight is 408 g/mol. The number of carbonyl (C=O) groups excluding carboxylic acids is 1. The number of fused-ring (bicyclic) bond motifs is 1. The molecule has 1 N–H and O–H groups in total. The van der Waals surface area contributed by atoms with Crippen molar-refractivity contribution >= 4 is 33.6 Å². The number of aromatic nitrogens is 4. The summed E-state index contributed by atoms with van der Waals surface area (Å²) in [5.74, 6) is 0.239. The summed E-state index contributed by atoms with van der Waals surface area (Å²) >= 11 is 1.40. The molecule has 10 heteroatoms. The molecule has 0 fully saturated rings. The average Bonchev–Trinajstić information content (AvgIpc) is 3.30. The molecule has 1 amide bonds. The maximum absolute atomic E-state index is 12.7. The van der Waals surface area contributed by atoms with Crippen LogP contribution in [0.15, 0.2) is 42.5 Å². The number of nitro groups is 1. The van der Waals surface area contributed by atoms with E-state index in [1.165, 1.54) is 29.5 Å². The molecule has 4 aromatic rings. The number of nitro benzene ring substituents is 1. The van der Waals surface area contributed by atoms with E-state index in [1.807, 2.05) is 26.0 Å². The first kappa shape index (κ1) is 18.7. The summed E-state index contributed by atoms with van der Waals surface area (Å²) in [4.78, 5) is 24.0. The number of para-hydroxylation sites is 1. The summed E-state index contributed by atoms with van der Waals surface area (Å²) in [7, 11) is 0. The summed E-state index contributed by atoms with van der Waals surface area (Å²) in [5, 5.41) is 27.5. The molecule has 0 aliphatic rings. The van der Waals surface area contributed by atoms with Gasteiger partial charge in [-0.25, -0.2) is 0 Å². The second-order valence-corrected chi connectivity index (χ2v) is 7.29. The van der Waals surface area contributed by atoms with E-state index in [1.54, 1.807) is 16.6 Å². The van der Waals surface area contributed by atoms with E-state index in [2.05, 4.69) is 20.6 Å². The highest BCUT2D eigenvalue weighted by Crippen LogP contribution is 2.30. The monoisotopic (exact) mass is 408 g/mol. The maximum Gasteiger partial charge on any atom is 0.282 e. The highest BCUT2D eigenvalue weighted by Gasteiger charge is 2.20. The second-order valence-electron chi connectivity index (χ2n) is 6.33. The van der Waals surface area contributed by atoms with Crippen LogP contribution in [0.3, 0.4) is 0 Å². The van der Waals surface area contributed by atoms with Crippen molar-refractivity contribution in [2.24, 2.45) is 0 Å². The topological polar surface area (TPSA) is 115 Å². The number of nitrogens with zero attached hydrogens (tertiary/aromatic N) is 5. The van der Waals surface area contributed by atoms with Gasteiger partial charge in [-0.1, -0.05) is 42.5 Å². The molecule has 0 saturated carbocycles. The van der Waals surface area contributed by atoms with E-state index in [0.717, 1.165) is 28.4 Å². The number of nitrogens with one attached hydrogen (secondary N) is 1. The Morgan fingerprint density at radius 1 is 1.24 bits per heavy atom. The van der Waals surface area contributed by atoms with Crippen molar-refractivity contribution in [1.29, 1.82) is 0 Å². The summed E-state index contributed by atoms with van der Waals surface area (Å²) in [6.45, 7) is 3.84. The van der Waals surface area contributed by atoms with Gasteiger partial charge < -0.3 is 5.32 Å². The quantitative estimate of drug-likeness (QED) is 0.396. The number of amides is 1. The fraction of sp³-hybridized carbons (Fsp3) is 0.158. The van der Waals surface area contributed by atoms with Gasteiger partial charge in [-0.15, -0.1) is 10.2 Å². The number of carbonyl (C=O) groups is 1. The SMILES string of the molecule is CCc1nnc2sc(-c3ccc(C)c(NC(=O)c4ccccc4[N+](=O)[O-])c3)nn12. The maximum atomic E-state index is 12.7. The van der Waals surface area contributed by atoms with Crippen molar-refractivity contribution in [3.8, 4) is 10.6 Å². The van der Waals surface area contributed by atoms with Crippen LogP contribution in [-0.2, 0) is 6.42 Å². The summed E-state index contributed by atoms with van der Waals surface area (Å²) in [5.41, 5.74) is 1.98. The van der Waals surface area contributed by atoms with Gasteiger partial charge >= 0.3 is 0 Å². The van der Waals surface area contributed by atoms with Crippen molar-refractivity contribution < 1.29 is 9.72 Å². The summed E-state index contributed by atoms with van der Waals surface area (Å²) in [6, 6.07) is 11.4. The van der Waals surface area contributed by atoms with Gasteiger partial charge in [0.25, 0.3) is 11.6 Å². The Balaban J connectivity index is 1.67. The third-order valence-corrected chi connectivity index (χ3v) is 5.40. The van der Waals surface area contributed by atoms with E-state index in [4.69, 9.17) is 0 Å². The van der Waals surface area contributed by atoms with Crippen molar-refractivity contribution in [3.05, 3.63) is 69.5 Å². The molecule has 0 saturated heterocycles.